The number of benzene rings is 1. The van der Waals surface area contributed by atoms with E-state index < -0.39 is 0 Å². The molecule has 6 heteroatoms. The molecule has 24 heavy (non-hydrogen) atoms. The number of nitrogen functional groups attached to an aromatic ring is 1. The first-order chi connectivity index (χ1) is 11.7. The fourth-order valence-electron chi connectivity index (χ4n) is 4.09. The Hall–Kier alpha value is -1.34. The lowest BCUT2D eigenvalue weighted by Crippen LogP contribution is -2.62. The molecule has 1 aromatic rings. The first-order valence-corrected chi connectivity index (χ1v) is 9.08. The minimum atomic E-state index is 0.200. The third-order valence-corrected chi connectivity index (χ3v) is 5.72. The first-order valence-electron chi connectivity index (χ1n) is 9.08. The molecule has 0 spiro atoms. The molecule has 2 aliphatic heterocycles. The molecule has 2 aliphatic rings. The van der Waals surface area contributed by atoms with E-state index in [1.807, 2.05) is 6.07 Å². The topological polar surface area (TPSA) is 73.0 Å². The van der Waals surface area contributed by atoms with E-state index >= 15 is 0 Å². The average Bonchev–Trinajstić information content (AvgIpc) is 2.97. The molecular weight excluding hydrogens is 304 g/mol. The van der Waals surface area contributed by atoms with E-state index in [2.05, 4.69) is 21.9 Å². The van der Waals surface area contributed by atoms with Gasteiger partial charge < -0.3 is 25.3 Å². The van der Waals surface area contributed by atoms with Crippen LogP contribution in [-0.4, -0.2) is 91.7 Å². The van der Waals surface area contributed by atoms with Crippen molar-refractivity contribution in [2.75, 3.05) is 82.8 Å². The zero-order valence-electron chi connectivity index (χ0n) is 14.5. The Kier molecular flexibility index (Phi) is 5.61. The molecule has 0 unspecified atom stereocenters. The van der Waals surface area contributed by atoms with Crippen molar-refractivity contribution in [1.82, 2.24) is 4.90 Å². The maximum atomic E-state index is 9.31. The van der Waals surface area contributed by atoms with Gasteiger partial charge in [0.2, 0.25) is 0 Å². The lowest BCUT2D eigenvalue weighted by Gasteiger charge is -2.44. The van der Waals surface area contributed by atoms with Crippen LogP contribution in [0, 0.1) is 0 Å². The zero-order chi connectivity index (χ0) is 17.0. The molecule has 2 heterocycles. The molecule has 1 saturated heterocycles. The Labute approximate surface area is 144 Å². The van der Waals surface area contributed by atoms with Gasteiger partial charge in [-0.3, -0.25) is 4.90 Å². The summed E-state index contributed by atoms with van der Waals surface area (Å²) in [6.07, 6.45) is 1.11. The van der Waals surface area contributed by atoms with E-state index in [1.54, 1.807) is 0 Å². The SMILES string of the molecule is Nc1ccc2c(c1)N(CCN1CC[N+](CCO)(CCO)CC1)CC2. The number of hydrogen-bond donors (Lipinski definition) is 3. The number of anilines is 2. The zero-order valence-corrected chi connectivity index (χ0v) is 14.5. The van der Waals surface area contributed by atoms with Gasteiger partial charge >= 0.3 is 0 Å². The van der Waals surface area contributed by atoms with E-state index in [-0.39, 0.29) is 13.2 Å². The molecule has 3 rings (SSSR count). The Bertz CT molecular complexity index is 536. The second kappa shape index (κ2) is 7.70. The second-order valence-corrected chi connectivity index (χ2v) is 7.15. The molecule has 0 amide bonds. The Morgan fingerprint density at radius 3 is 2.38 bits per heavy atom. The molecule has 0 atom stereocenters. The standard InChI is InChI=1S/C18H31N4O2/c19-17-2-1-16-3-4-21(18(16)15-17)6-5-20-7-9-22(10-8-20,11-13-23)12-14-24/h1-2,15,23-24H,3-14,19H2/q+1. The minimum absolute atomic E-state index is 0.200. The van der Waals surface area contributed by atoms with E-state index in [9.17, 15) is 10.2 Å². The van der Waals surface area contributed by atoms with Gasteiger partial charge in [-0.1, -0.05) is 6.07 Å². The molecule has 1 fully saturated rings. The normalized spacial score (nSPS) is 20.3. The van der Waals surface area contributed by atoms with Gasteiger partial charge in [0, 0.05) is 44.1 Å². The van der Waals surface area contributed by atoms with Crippen LogP contribution >= 0.6 is 0 Å². The van der Waals surface area contributed by atoms with Crippen LogP contribution in [0.5, 0.6) is 0 Å². The van der Waals surface area contributed by atoms with Gasteiger partial charge in [0.25, 0.3) is 0 Å². The summed E-state index contributed by atoms with van der Waals surface area (Å²) in [5.74, 6) is 0. The summed E-state index contributed by atoms with van der Waals surface area (Å²) >= 11 is 0. The predicted molar refractivity (Wildman–Crippen MR) is 97.1 cm³/mol. The van der Waals surface area contributed by atoms with Gasteiger partial charge in [-0.05, 0) is 24.1 Å². The largest absolute Gasteiger partial charge is 0.399 e. The van der Waals surface area contributed by atoms with Gasteiger partial charge in [-0.15, -0.1) is 0 Å². The smallest absolute Gasteiger partial charge is 0.102 e. The Morgan fingerprint density at radius 1 is 1.00 bits per heavy atom. The van der Waals surface area contributed by atoms with Gasteiger partial charge in [0.15, 0.2) is 0 Å². The summed E-state index contributed by atoms with van der Waals surface area (Å²) < 4.78 is 0.854. The Balaban J connectivity index is 1.50. The minimum Gasteiger partial charge on any atom is -0.399 e. The summed E-state index contributed by atoms with van der Waals surface area (Å²) in [7, 11) is 0. The molecule has 6 nitrogen and oxygen atoms in total. The summed E-state index contributed by atoms with van der Waals surface area (Å²) in [5.41, 5.74) is 9.49. The van der Waals surface area contributed by atoms with Crippen molar-refractivity contribution in [3.8, 4) is 0 Å². The highest BCUT2D eigenvalue weighted by atomic mass is 16.3. The number of fused-ring (bicyclic) bond motifs is 1. The van der Waals surface area contributed by atoms with Crippen LogP contribution in [0.1, 0.15) is 5.56 Å². The Morgan fingerprint density at radius 2 is 1.71 bits per heavy atom. The average molecular weight is 335 g/mol. The third kappa shape index (κ3) is 3.83. The fourth-order valence-corrected chi connectivity index (χ4v) is 4.09. The van der Waals surface area contributed by atoms with Crippen molar-refractivity contribution in [1.29, 1.82) is 0 Å². The van der Waals surface area contributed by atoms with Crippen LogP contribution in [0.3, 0.4) is 0 Å². The summed E-state index contributed by atoms with van der Waals surface area (Å²) in [6.45, 7) is 9.22. The summed E-state index contributed by atoms with van der Waals surface area (Å²) in [4.78, 5) is 4.96. The van der Waals surface area contributed by atoms with Crippen molar-refractivity contribution in [3.63, 3.8) is 0 Å². The molecule has 4 N–H and O–H groups in total. The highest BCUT2D eigenvalue weighted by Crippen LogP contribution is 2.29. The molecule has 0 aliphatic carbocycles. The number of hydrogen-bond acceptors (Lipinski definition) is 5. The van der Waals surface area contributed by atoms with Crippen LogP contribution in [0.15, 0.2) is 18.2 Å². The van der Waals surface area contributed by atoms with Gasteiger partial charge in [0.1, 0.15) is 13.1 Å². The maximum absolute atomic E-state index is 9.31. The molecule has 0 aromatic heterocycles. The van der Waals surface area contributed by atoms with Crippen LogP contribution in [0.2, 0.25) is 0 Å². The van der Waals surface area contributed by atoms with Crippen molar-refractivity contribution >= 4 is 11.4 Å². The molecular formula is C18H31N4O2+. The number of nitrogens with zero attached hydrogens (tertiary/aromatic N) is 3. The monoisotopic (exact) mass is 335 g/mol. The number of rotatable bonds is 7. The molecule has 134 valence electrons. The highest BCUT2D eigenvalue weighted by Gasteiger charge is 2.32. The van der Waals surface area contributed by atoms with E-state index in [0.29, 0.717) is 0 Å². The van der Waals surface area contributed by atoms with Crippen LogP contribution in [0.4, 0.5) is 11.4 Å². The second-order valence-electron chi connectivity index (χ2n) is 7.15. The number of aliphatic hydroxyl groups is 2. The first kappa shape index (κ1) is 17.5. The van der Waals surface area contributed by atoms with Crippen molar-refractivity contribution in [2.24, 2.45) is 0 Å². The molecule has 0 radical (unpaired) electrons. The van der Waals surface area contributed by atoms with Crippen molar-refractivity contribution in [3.05, 3.63) is 23.8 Å². The lowest BCUT2D eigenvalue weighted by atomic mass is 10.1. The summed E-state index contributed by atoms with van der Waals surface area (Å²) in [5, 5.41) is 18.6. The fraction of sp³-hybridized carbons (Fsp3) is 0.667. The lowest BCUT2D eigenvalue weighted by molar-refractivity contribution is -0.932. The quantitative estimate of drug-likeness (QED) is 0.473. The van der Waals surface area contributed by atoms with Gasteiger partial charge in [-0.2, -0.15) is 0 Å². The number of nitrogens with two attached hydrogens (primary N) is 1. The third-order valence-electron chi connectivity index (χ3n) is 5.72. The number of aliphatic hydroxyl groups excluding tert-OH is 2. The van der Waals surface area contributed by atoms with E-state index in [4.69, 9.17) is 5.73 Å². The molecule has 1 aromatic carbocycles. The van der Waals surface area contributed by atoms with Crippen molar-refractivity contribution in [2.45, 2.75) is 6.42 Å². The van der Waals surface area contributed by atoms with Crippen LogP contribution < -0.4 is 10.6 Å². The van der Waals surface area contributed by atoms with Gasteiger partial charge in [-0.25, -0.2) is 0 Å². The molecule has 0 saturated carbocycles. The van der Waals surface area contributed by atoms with Crippen LogP contribution in [0.25, 0.3) is 0 Å². The van der Waals surface area contributed by atoms with Gasteiger partial charge in [0.05, 0.1) is 26.3 Å². The maximum Gasteiger partial charge on any atom is 0.102 e. The summed E-state index contributed by atoms with van der Waals surface area (Å²) in [6, 6.07) is 6.25. The van der Waals surface area contributed by atoms with E-state index in [1.165, 1.54) is 11.3 Å². The predicted octanol–water partition coefficient (Wildman–Crippen LogP) is -0.252. The van der Waals surface area contributed by atoms with Crippen LogP contribution in [-0.2, 0) is 6.42 Å². The molecule has 0 bridgehead atoms. The number of piperazine rings is 1. The highest BCUT2D eigenvalue weighted by molar-refractivity contribution is 5.64. The number of quaternary nitrogens is 1. The van der Waals surface area contributed by atoms with E-state index in [0.717, 1.165) is 75.5 Å². The van der Waals surface area contributed by atoms with Crippen molar-refractivity contribution < 1.29 is 14.7 Å².